The molecule has 1 fully saturated rings. The van der Waals surface area contributed by atoms with Crippen LogP contribution in [-0.4, -0.2) is 26.1 Å². The van der Waals surface area contributed by atoms with Gasteiger partial charge in [-0.15, -0.1) is 0 Å². The van der Waals surface area contributed by atoms with E-state index >= 15 is 0 Å². The summed E-state index contributed by atoms with van der Waals surface area (Å²) in [5, 5.41) is 6.18. The Labute approximate surface area is 115 Å². The molecule has 1 saturated heterocycles. The number of methoxy groups -OCH3 is 1. The van der Waals surface area contributed by atoms with Crippen LogP contribution in [0.1, 0.15) is 12.8 Å². The van der Waals surface area contributed by atoms with Crippen LogP contribution in [0.25, 0.3) is 0 Å². The van der Waals surface area contributed by atoms with Crippen molar-refractivity contribution < 1.29 is 9.53 Å². The summed E-state index contributed by atoms with van der Waals surface area (Å²) >= 11 is 3.39. The molecule has 1 aromatic rings. The highest BCUT2D eigenvalue weighted by molar-refractivity contribution is 9.10. The predicted molar refractivity (Wildman–Crippen MR) is 74.9 cm³/mol. The fourth-order valence-electron chi connectivity index (χ4n) is 2.09. The minimum Gasteiger partial charge on any atom is -0.495 e. The largest absolute Gasteiger partial charge is 0.495 e. The highest BCUT2D eigenvalue weighted by Crippen LogP contribution is 2.28. The quantitative estimate of drug-likeness (QED) is 0.901. The molecule has 1 aliphatic heterocycles. The van der Waals surface area contributed by atoms with Gasteiger partial charge in [-0.1, -0.05) is 15.9 Å². The molecule has 1 aromatic carbocycles. The molecule has 0 aromatic heterocycles. The van der Waals surface area contributed by atoms with Crippen LogP contribution in [0.3, 0.4) is 0 Å². The third kappa shape index (κ3) is 3.23. The van der Waals surface area contributed by atoms with Crippen molar-refractivity contribution in [1.29, 1.82) is 0 Å². The van der Waals surface area contributed by atoms with Crippen molar-refractivity contribution >= 4 is 27.5 Å². The van der Waals surface area contributed by atoms with Crippen LogP contribution in [-0.2, 0) is 4.79 Å². The molecule has 0 aliphatic carbocycles. The number of hydrogen-bond donors (Lipinski definition) is 2. The molecule has 1 heterocycles. The van der Waals surface area contributed by atoms with E-state index in [1.807, 2.05) is 18.2 Å². The fraction of sp³-hybridized carbons (Fsp3) is 0.462. The number of halogens is 1. The van der Waals surface area contributed by atoms with E-state index in [0.717, 1.165) is 30.4 Å². The maximum absolute atomic E-state index is 12.1. The Hall–Kier alpha value is -1.07. The smallest absolute Gasteiger partial charge is 0.228 e. The Morgan fingerprint density at radius 1 is 1.56 bits per heavy atom. The molecule has 0 bridgehead atoms. The molecule has 0 radical (unpaired) electrons. The average Bonchev–Trinajstić information content (AvgIpc) is 2.40. The van der Waals surface area contributed by atoms with Gasteiger partial charge in [-0.3, -0.25) is 4.79 Å². The van der Waals surface area contributed by atoms with Crippen LogP contribution in [0.5, 0.6) is 5.75 Å². The number of carbonyl (C=O) groups excluding carboxylic acids is 1. The summed E-state index contributed by atoms with van der Waals surface area (Å²) in [5.74, 6) is 0.774. The zero-order valence-electron chi connectivity index (χ0n) is 10.3. The molecule has 0 unspecified atom stereocenters. The Bertz CT molecular complexity index is 431. The van der Waals surface area contributed by atoms with E-state index in [1.165, 1.54) is 0 Å². The summed E-state index contributed by atoms with van der Waals surface area (Å²) in [6.45, 7) is 1.76. The topological polar surface area (TPSA) is 50.4 Å². The van der Waals surface area contributed by atoms with Gasteiger partial charge in [-0.25, -0.2) is 0 Å². The molecule has 1 amide bonds. The van der Waals surface area contributed by atoms with Gasteiger partial charge >= 0.3 is 0 Å². The second kappa shape index (κ2) is 6.20. The first-order chi connectivity index (χ1) is 8.70. The minimum atomic E-state index is 0.0439. The molecule has 1 atom stereocenters. The molecule has 0 spiro atoms. The number of carbonyl (C=O) groups is 1. The van der Waals surface area contributed by atoms with Gasteiger partial charge in [-0.05, 0) is 37.6 Å². The lowest BCUT2D eigenvalue weighted by molar-refractivity contribution is -0.120. The molecule has 18 heavy (non-hydrogen) atoms. The van der Waals surface area contributed by atoms with E-state index in [2.05, 4.69) is 26.6 Å². The third-order valence-electron chi connectivity index (χ3n) is 3.09. The molecule has 5 heteroatoms. The maximum atomic E-state index is 12.1. The van der Waals surface area contributed by atoms with E-state index in [0.29, 0.717) is 11.4 Å². The summed E-state index contributed by atoms with van der Waals surface area (Å²) in [4.78, 5) is 12.1. The molecular weight excluding hydrogens is 296 g/mol. The van der Waals surface area contributed by atoms with Crippen molar-refractivity contribution in [1.82, 2.24) is 5.32 Å². The average molecular weight is 313 g/mol. The van der Waals surface area contributed by atoms with Crippen LogP contribution < -0.4 is 15.4 Å². The summed E-state index contributed by atoms with van der Waals surface area (Å²) < 4.78 is 6.15. The molecule has 2 N–H and O–H groups in total. The number of amides is 1. The van der Waals surface area contributed by atoms with Gasteiger partial charge in [0, 0.05) is 11.0 Å². The van der Waals surface area contributed by atoms with Crippen LogP contribution in [0.15, 0.2) is 22.7 Å². The summed E-state index contributed by atoms with van der Waals surface area (Å²) in [6, 6.07) is 5.57. The first kappa shape index (κ1) is 13.4. The molecule has 4 nitrogen and oxygen atoms in total. The number of benzene rings is 1. The number of ether oxygens (including phenoxy) is 1. The lowest BCUT2D eigenvalue weighted by atomic mass is 9.99. The second-order valence-corrected chi connectivity index (χ2v) is 5.29. The highest BCUT2D eigenvalue weighted by atomic mass is 79.9. The van der Waals surface area contributed by atoms with Crippen LogP contribution in [0, 0.1) is 5.92 Å². The van der Waals surface area contributed by atoms with Gasteiger partial charge in [0.15, 0.2) is 0 Å². The van der Waals surface area contributed by atoms with Gasteiger partial charge in [0.2, 0.25) is 5.91 Å². The maximum Gasteiger partial charge on any atom is 0.228 e. The van der Waals surface area contributed by atoms with E-state index in [-0.39, 0.29) is 11.8 Å². The first-order valence-electron chi connectivity index (χ1n) is 6.06. The molecular formula is C13H17BrN2O2. The van der Waals surface area contributed by atoms with Crippen molar-refractivity contribution in [3.63, 3.8) is 0 Å². The number of anilines is 1. The Kier molecular flexibility index (Phi) is 4.60. The fourth-order valence-corrected chi connectivity index (χ4v) is 2.45. The zero-order chi connectivity index (χ0) is 13.0. The predicted octanol–water partition coefficient (Wildman–Crippen LogP) is 2.40. The summed E-state index contributed by atoms with van der Waals surface area (Å²) in [7, 11) is 1.60. The zero-order valence-corrected chi connectivity index (χ0v) is 11.9. The van der Waals surface area contributed by atoms with Crippen molar-refractivity contribution in [2.45, 2.75) is 12.8 Å². The lowest BCUT2D eigenvalue weighted by Gasteiger charge is -2.22. The van der Waals surface area contributed by atoms with Crippen LogP contribution in [0.4, 0.5) is 5.69 Å². The normalized spacial score (nSPS) is 19.3. The third-order valence-corrected chi connectivity index (χ3v) is 3.58. The molecule has 0 saturated carbocycles. The molecule has 98 valence electrons. The molecule has 1 aliphatic rings. The number of hydrogen-bond acceptors (Lipinski definition) is 3. The SMILES string of the molecule is COc1ccc(Br)cc1NC(=O)[C@H]1CCCNC1. The van der Waals surface area contributed by atoms with Crippen molar-refractivity contribution in [3.8, 4) is 5.75 Å². The Morgan fingerprint density at radius 2 is 2.39 bits per heavy atom. The van der Waals surface area contributed by atoms with Gasteiger partial charge in [0.25, 0.3) is 0 Å². The second-order valence-electron chi connectivity index (χ2n) is 4.38. The van der Waals surface area contributed by atoms with E-state index in [9.17, 15) is 4.79 Å². The van der Waals surface area contributed by atoms with Gasteiger partial charge < -0.3 is 15.4 Å². The van der Waals surface area contributed by atoms with Crippen LogP contribution in [0.2, 0.25) is 0 Å². The number of rotatable bonds is 3. The van der Waals surface area contributed by atoms with Gasteiger partial charge in [0.1, 0.15) is 5.75 Å². The first-order valence-corrected chi connectivity index (χ1v) is 6.85. The standard InChI is InChI=1S/C13H17BrN2O2/c1-18-12-5-4-10(14)7-11(12)16-13(17)9-3-2-6-15-8-9/h4-5,7,9,15H,2-3,6,8H2,1H3,(H,16,17)/t9-/m0/s1. The summed E-state index contributed by atoms with van der Waals surface area (Å²) in [6.07, 6.45) is 1.99. The Morgan fingerprint density at radius 3 is 3.06 bits per heavy atom. The minimum absolute atomic E-state index is 0.0439. The molecule has 2 rings (SSSR count). The highest BCUT2D eigenvalue weighted by Gasteiger charge is 2.21. The van der Waals surface area contributed by atoms with E-state index in [4.69, 9.17) is 4.74 Å². The van der Waals surface area contributed by atoms with Crippen molar-refractivity contribution in [2.75, 3.05) is 25.5 Å². The van der Waals surface area contributed by atoms with Crippen LogP contribution >= 0.6 is 15.9 Å². The van der Waals surface area contributed by atoms with Gasteiger partial charge in [-0.2, -0.15) is 0 Å². The lowest BCUT2D eigenvalue weighted by Crippen LogP contribution is -2.37. The van der Waals surface area contributed by atoms with Crippen molar-refractivity contribution in [2.24, 2.45) is 5.92 Å². The van der Waals surface area contributed by atoms with Crippen molar-refractivity contribution in [3.05, 3.63) is 22.7 Å². The number of piperidine rings is 1. The van der Waals surface area contributed by atoms with E-state index in [1.54, 1.807) is 7.11 Å². The summed E-state index contributed by atoms with van der Waals surface area (Å²) in [5.41, 5.74) is 0.711. The van der Waals surface area contributed by atoms with E-state index < -0.39 is 0 Å². The monoisotopic (exact) mass is 312 g/mol. The van der Waals surface area contributed by atoms with Gasteiger partial charge in [0.05, 0.1) is 18.7 Å². The Balaban J connectivity index is 2.07. The number of nitrogens with one attached hydrogen (secondary N) is 2.